The molecule has 8 heteroatoms. The van der Waals surface area contributed by atoms with E-state index in [2.05, 4.69) is 36.9 Å². The minimum Gasteiger partial charge on any atom is -0.355 e. The Hall–Kier alpha value is -2.64. The first kappa shape index (κ1) is 16.8. The maximum atomic E-state index is 12.3. The molecule has 2 amide bonds. The highest BCUT2D eigenvalue weighted by atomic mass is 16.2. The second kappa shape index (κ2) is 6.93. The van der Waals surface area contributed by atoms with Crippen molar-refractivity contribution < 1.29 is 4.79 Å². The van der Waals surface area contributed by atoms with Gasteiger partial charge in [0.05, 0.1) is 11.4 Å². The lowest BCUT2D eigenvalue weighted by molar-refractivity contribution is 0.246. The van der Waals surface area contributed by atoms with Crippen LogP contribution in [-0.4, -0.2) is 45.1 Å². The molecule has 1 unspecified atom stereocenters. The Balaban J connectivity index is 1.32. The molecule has 4 rings (SSSR count). The normalized spacial score (nSPS) is 20.1. The molecule has 26 heavy (non-hydrogen) atoms. The zero-order valence-corrected chi connectivity index (χ0v) is 15.3. The number of hydrogen-bond donors (Lipinski definition) is 2. The first-order valence-electron chi connectivity index (χ1n) is 9.25. The third kappa shape index (κ3) is 3.79. The van der Waals surface area contributed by atoms with Crippen LogP contribution in [0, 0.1) is 6.92 Å². The molecule has 1 saturated heterocycles. The summed E-state index contributed by atoms with van der Waals surface area (Å²) in [7, 11) is 1.95. The van der Waals surface area contributed by atoms with E-state index in [1.54, 1.807) is 0 Å². The molecule has 3 heterocycles. The third-order valence-electron chi connectivity index (χ3n) is 4.98. The van der Waals surface area contributed by atoms with Gasteiger partial charge in [-0.2, -0.15) is 10.2 Å². The van der Waals surface area contributed by atoms with Gasteiger partial charge in [-0.05, 0) is 44.7 Å². The maximum absolute atomic E-state index is 12.3. The first-order valence-corrected chi connectivity index (χ1v) is 9.25. The predicted molar refractivity (Wildman–Crippen MR) is 99.3 cm³/mol. The number of hydrogen-bond acceptors (Lipinski definition) is 5. The first-order chi connectivity index (χ1) is 12.6. The molecule has 0 aromatic carbocycles. The second-order valence-electron chi connectivity index (χ2n) is 7.27. The number of aromatic nitrogens is 4. The molecule has 2 aromatic heterocycles. The van der Waals surface area contributed by atoms with E-state index < -0.39 is 0 Å². The van der Waals surface area contributed by atoms with Crippen molar-refractivity contribution in [3.8, 4) is 0 Å². The van der Waals surface area contributed by atoms with Gasteiger partial charge >= 0.3 is 6.03 Å². The van der Waals surface area contributed by atoms with Gasteiger partial charge < -0.3 is 10.2 Å². The SMILES string of the molecule is Cc1cc(N2CCCC(NC(=O)Nc3ccc(C4CC4)nn3)C2)n(C)n1. The molecular formula is C18H25N7O. The standard InChI is InChI=1S/C18H25N7O/c1-12-10-17(24(2)23-12)25-9-3-4-14(11-25)19-18(26)20-16-8-7-15(21-22-16)13-5-6-13/h7-8,10,13-14H,3-6,9,11H2,1-2H3,(H2,19,20,22,26). The van der Waals surface area contributed by atoms with Crippen LogP contribution in [-0.2, 0) is 7.05 Å². The summed E-state index contributed by atoms with van der Waals surface area (Å²) in [6, 6.07) is 5.72. The number of piperidine rings is 1. The molecule has 0 bridgehead atoms. The molecule has 2 N–H and O–H groups in total. The van der Waals surface area contributed by atoms with Crippen molar-refractivity contribution in [1.82, 2.24) is 25.3 Å². The molecule has 0 radical (unpaired) electrons. The van der Waals surface area contributed by atoms with E-state index in [1.165, 1.54) is 12.8 Å². The van der Waals surface area contributed by atoms with Crippen molar-refractivity contribution in [1.29, 1.82) is 0 Å². The van der Waals surface area contributed by atoms with E-state index in [1.807, 2.05) is 30.8 Å². The second-order valence-corrected chi connectivity index (χ2v) is 7.27. The highest BCUT2D eigenvalue weighted by molar-refractivity contribution is 5.88. The molecule has 1 aliphatic carbocycles. The number of aryl methyl sites for hydroxylation is 2. The Morgan fingerprint density at radius 3 is 2.73 bits per heavy atom. The summed E-state index contributed by atoms with van der Waals surface area (Å²) in [6.07, 6.45) is 4.38. The smallest absolute Gasteiger partial charge is 0.320 e. The molecule has 1 saturated carbocycles. The highest BCUT2D eigenvalue weighted by Crippen LogP contribution is 2.38. The van der Waals surface area contributed by atoms with Gasteiger partial charge in [-0.25, -0.2) is 4.79 Å². The van der Waals surface area contributed by atoms with Crippen molar-refractivity contribution in [3.05, 3.63) is 29.6 Å². The van der Waals surface area contributed by atoms with Crippen LogP contribution in [0.5, 0.6) is 0 Å². The molecular weight excluding hydrogens is 330 g/mol. The maximum Gasteiger partial charge on any atom is 0.320 e. The number of carbonyl (C=O) groups excluding carboxylic acids is 1. The fraction of sp³-hybridized carbons (Fsp3) is 0.556. The van der Waals surface area contributed by atoms with Crippen LogP contribution >= 0.6 is 0 Å². The number of nitrogens with one attached hydrogen (secondary N) is 2. The number of carbonyl (C=O) groups is 1. The van der Waals surface area contributed by atoms with Gasteiger partial charge in [-0.1, -0.05) is 0 Å². The largest absolute Gasteiger partial charge is 0.355 e. The average molecular weight is 355 g/mol. The van der Waals surface area contributed by atoms with Crippen LogP contribution in [0.2, 0.25) is 0 Å². The Kier molecular flexibility index (Phi) is 4.48. The van der Waals surface area contributed by atoms with Crippen LogP contribution in [0.4, 0.5) is 16.4 Å². The molecule has 0 spiro atoms. The minimum atomic E-state index is -0.230. The van der Waals surface area contributed by atoms with Gasteiger partial charge in [0, 0.05) is 38.2 Å². The lowest BCUT2D eigenvalue weighted by Crippen LogP contribution is -2.49. The van der Waals surface area contributed by atoms with Gasteiger partial charge in [0.15, 0.2) is 5.82 Å². The monoisotopic (exact) mass is 355 g/mol. The summed E-state index contributed by atoms with van der Waals surface area (Å²) in [4.78, 5) is 14.6. The number of amides is 2. The molecule has 1 atom stereocenters. The van der Waals surface area contributed by atoms with Crippen LogP contribution in [0.25, 0.3) is 0 Å². The number of anilines is 2. The van der Waals surface area contributed by atoms with Crippen molar-refractivity contribution >= 4 is 17.7 Å². The van der Waals surface area contributed by atoms with E-state index in [0.29, 0.717) is 11.7 Å². The Bertz CT molecular complexity index is 781. The third-order valence-corrected chi connectivity index (χ3v) is 4.98. The van der Waals surface area contributed by atoms with Gasteiger partial charge in [0.1, 0.15) is 5.82 Å². The van der Waals surface area contributed by atoms with E-state index in [4.69, 9.17) is 0 Å². The number of rotatable bonds is 4. The summed E-state index contributed by atoms with van der Waals surface area (Å²) < 4.78 is 1.90. The Morgan fingerprint density at radius 1 is 1.23 bits per heavy atom. The van der Waals surface area contributed by atoms with Gasteiger partial charge in [-0.3, -0.25) is 10.00 Å². The van der Waals surface area contributed by atoms with Gasteiger partial charge in [0.2, 0.25) is 0 Å². The van der Waals surface area contributed by atoms with Crippen molar-refractivity contribution in [3.63, 3.8) is 0 Å². The fourth-order valence-corrected chi connectivity index (χ4v) is 3.54. The van der Waals surface area contributed by atoms with Crippen LogP contribution < -0.4 is 15.5 Å². The fourth-order valence-electron chi connectivity index (χ4n) is 3.54. The average Bonchev–Trinajstić information content (AvgIpc) is 3.40. The van der Waals surface area contributed by atoms with E-state index in [0.717, 1.165) is 43.1 Å². The highest BCUT2D eigenvalue weighted by Gasteiger charge is 2.26. The zero-order valence-electron chi connectivity index (χ0n) is 15.3. The van der Waals surface area contributed by atoms with E-state index in [-0.39, 0.29) is 12.1 Å². The minimum absolute atomic E-state index is 0.0950. The topological polar surface area (TPSA) is 88.0 Å². The van der Waals surface area contributed by atoms with Crippen LogP contribution in [0.1, 0.15) is 43.0 Å². The van der Waals surface area contributed by atoms with E-state index >= 15 is 0 Å². The van der Waals surface area contributed by atoms with E-state index in [9.17, 15) is 4.79 Å². The summed E-state index contributed by atoms with van der Waals surface area (Å²) in [5, 5.41) is 18.6. The molecule has 2 aromatic rings. The lowest BCUT2D eigenvalue weighted by atomic mass is 10.1. The van der Waals surface area contributed by atoms with Crippen molar-refractivity contribution in [2.75, 3.05) is 23.3 Å². The summed E-state index contributed by atoms with van der Waals surface area (Å²) in [6.45, 7) is 3.75. The molecule has 138 valence electrons. The molecule has 1 aliphatic heterocycles. The molecule has 2 fully saturated rings. The molecule has 2 aliphatic rings. The van der Waals surface area contributed by atoms with Crippen molar-refractivity contribution in [2.24, 2.45) is 7.05 Å². The van der Waals surface area contributed by atoms with Gasteiger partial charge in [0.25, 0.3) is 0 Å². The summed E-state index contributed by atoms with van der Waals surface area (Å²) in [5.41, 5.74) is 2.02. The van der Waals surface area contributed by atoms with Crippen LogP contribution in [0.15, 0.2) is 18.2 Å². The summed E-state index contributed by atoms with van der Waals surface area (Å²) >= 11 is 0. The molecule has 8 nitrogen and oxygen atoms in total. The zero-order chi connectivity index (χ0) is 18.1. The van der Waals surface area contributed by atoms with Crippen molar-refractivity contribution in [2.45, 2.75) is 44.6 Å². The Labute approximate surface area is 153 Å². The number of urea groups is 1. The quantitative estimate of drug-likeness (QED) is 0.878. The lowest BCUT2D eigenvalue weighted by Gasteiger charge is -2.34. The summed E-state index contributed by atoms with van der Waals surface area (Å²) in [5.74, 6) is 2.15. The Morgan fingerprint density at radius 2 is 2.08 bits per heavy atom. The predicted octanol–water partition coefficient (Wildman–Crippen LogP) is 2.19. The number of nitrogens with zero attached hydrogens (tertiary/aromatic N) is 5. The van der Waals surface area contributed by atoms with Gasteiger partial charge in [-0.15, -0.1) is 5.10 Å². The van der Waals surface area contributed by atoms with Crippen LogP contribution in [0.3, 0.4) is 0 Å².